The van der Waals surface area contributed by atoms with E-state index in [1.54, 1.807) is 12.1 Å². The Kier molecular flexibility index (Phi) is 3.96. The highest BCUT2D eigenvalue weighted by Crippen LogP contribution is 2.22. The summed E-state index contributed by atoms with van der Waals surface area (Å²) in [7, 11) is 0. The first kappa shape index (κ1) is 13.3. The maximum absolute atomic E-state index is 13.0. The van der Waals surface area contributed by atoms with Crippen molar-refractivity contribution in [1.82, 2.24) is 9.97 Å². The molecule has 0 aliphatic rings. The molecule has 1 heterocycles. The van der Waals surface area contributed by atoms with Crippen molar-refractivity contribution in [1.29, 1.82) is 0 Å². The molecule has 7 heteroatoms. The summed E-state index contributed by atoms with van der Waals surface area (Å²) in [6.45, 7) is 0. The zero-order valence-electron chi connectivity index (χ0n) is 9.71. The Bertz CT molecular complexity index is 622. The molecule has 0 spiro atoms. The third-order valence-electron chi connectivity index (χ3n) is 2.26. The van der Waals surface area contributed by atoms with E-state index in [2.05, 4.69) is 9.97 Å². The lowest BCUT2D eigenvalue weighted by Crippen LogP contribution is -2.07. The van der Waals surface area contributed by atoms with Gasteiger partial charge in [0.05, 0.1) is 5.75 Å². The van der Waals surface area contributed by atoms with Crippen LogP contribution >= 0.6 is 11.8 Å². The first-order valence-electron chi connectivity index (χ1n) is 5.29. The number of halogens is 1. The fraction of sp³-hybridized carbons (Fsp3) is 0.0833. The van der Waals surface area contributed by atoms with Gasteiger partial charge in [-0.2, -0.15) is 0 Å². The molecule has 0 saturated heterocycles. The molecule has 0 radical (unpaired) electrons. The molecule has 0 saturated carbocycles. The number of aromatic nitrogens is 2. The summed E-state index contributed by atoms with van der Waals surface area (Å²) in [5, 5.41) is 8.79. The number of anilines is 1. The summed E-state index contributed by atoms with van der Waals surface area (Å²) in [4.78, 5) is 19.3. The Morgan fingerprint density at radius 2 is 2.26 bits per heavy atom. The second kappa shape index (κ2) is 5.66. The first-order valence-corrected chi connectivity index (χ1v) is 6.28. The third-order valence-corrected chi connectivity index (χ3v) is 3.25. The Balaban J connectivity index is 2.08. The lowest BCUT2D eigenvalue weighted by molar-refractivity contribution is 0.0697. The number of nitrogen functional groups attached to an aromatic ring is 1. The Morgan fingerprint density at radius 1 is 1.47 bits per heavy atom. The van der Waals surface area contributed by atoms with E-state index in [1.807, 2.05) is 0 Å². The molecule has 2 rings (SSSR count). The minimum absolute atomic E-state index is 0.0719. The van der Waals surface area contributed by atoms with Gasteiger partial charge in [0, 0.05) is 11.1 Å². The molecule has 19 heavy (non-hydrogen) atoms. The predicted molar refractivity (Wildman–Crippen MR) is 69.4 cm³/mol. The van der Waals surface area contributed by atoms with Crippen molar-refractivity contribution in [3.8, 4) is 0 Å². The summed E-state index contributed by atoms with van der Waals surface area (Å²) < 4.78 is 13.0. The standard InChI is InChI=1S/C12H10FN3O2S/c13-7-2-1-3-8(4-7)19-6-10-15-5-9(12(17)18)11(14)16-10/h1-5H,6H2,(H,17,18)(H2,14,15,16). The van der Waals surface area contributed by atoms with Gasteiger partial charge in [0.1, 0.15) is 23.0 Å². The molecular weight excluding hydrogens is 269 g/mol. The van der Waals surface area contributed by atoms with E-state index < -0.39 is 5.97 Å². The average molecular weight is 279 g/mol. The van der Waals surface area contributed by atoms with E-state index in [0.29, 0.717) is 11.6 Å². The van der Waals surface area contributed by atoms with Gasteiger partial charge in [-0.15, -0.1) is 11.8 Å². The second-order valence-corrected chi connectivity index (χ2v) is 4.69. The first-order chi connectivity index (χ1) is 9.06. The van der Waals surface area contributed by atoms with Gasteiger partial charge in [0.15, 0.2) is 0 Å². The molecule has 0 fully saturated rings. The highest BCUT2D eigenvalue weighted by molar-refractivity contribution is 7.98. The molecular formula is C12H10FN3O2S. The number of nitrogens with two attached hydrogens (primary N) is 1. The maximum Gasteiger partial charge on any atom is 0.341 e. The van der Waals surface area contributed by atoms with Crippen molar-refractivity contribution in [2.24, 2.45) is 0 Å². The number of carboxylic acids is 1. The van der Waals surface area contributed by atoms with Crippen molar-refractivity contribution < 1.29 is 14.3 Å². The summed E-state index contributed by atoms with van der Waals surface area (Å²) in [5.41, 5.74) is 5.39. The molecule has 5 nitrogen and oxygen atoms in total. The van der Waals surface area contributed by atoms with E-state index in [4.69, 9.17) is 10.8 Å². The number of hydrogen-bond donors (Lipinski definition) is 2. The normalized spacial score (nSPS) is 10.4. The molecule has 1 aromatic carbocycles. The monoisotopic (exact) mass is 279 g/mol. The van der Waals surface area contributed by atoms with E-state index in [0.717, 1.165) is 4.90 Å². The number of carbonyl (C=O) groups is 1. The summed E-state index contributed by atoms with van der Waals surface area (Å²) in [6.07, 6.45) is 1.17. The smallest absolute Gasteiger partial charge is 0.341 e. The number of aromatic carboxylic acids is 1. The van der Waals surface area contributed by atoms with Crippen LogP contribution in [0.15, 0.2) is 35.4 Å². The molecule has 98 valence electrons. The van der Waals surface area contributed by atoms with Crippen LogP contribution in [0, 0.1) is 5.82 Å². The fourth-order valence-corrected chi connectivity index (χ4v) is 2.18. The number of benzene rings is 1. The number of rotatable bonds is 4. The summed E-state index contributed by atoms with van der Waals surface area (Å²) in [6, 6.07) is 6.14. The van der Waals surface area contributed by atoms with Crippen molar-refractivity contribution in [2.75, 3.05) is 5.73 Å². The number of carboxylic acid groups (broad SMARTS) is 1. The van der Waals surface area contributed by atoms with E-state index >= 15 is 0 Å². The van der Waals surface area contributed by atoms with Crippen LogP contribution in [0.4, 0.5) is 10.2 Å². The zero-order valence-corrected chi connectivity index (χ0v) is 10.5. The SMILES string of the molecule is Nc1nc(CSc2cccc(F)c2)ncc1C(=O)O. The Labute approximate surface area is 112 Å². The van der Waals surface area contributed by atoms with E-state index in [9.17, 15) is 9.18 Å². The van der Waals surface area contributed by atoms with Gasteiger partial charge in [0.25, 0.3) is 0 Å². The third kappa shape index (κ3) is 3.41. The summed E-state index contributed by atoms with van der Waals surface area (Å²) in [5.74, 6) is -0.768. The van der Waals surface area contributed by atoms with Crippen molar-refractivity contribution in [2.45, 2.75) is 10.6 Å². The lowest BCUT2D eigenvalue weighted by atomic mass is 10.3. The number of thioether (sulfide) groups is 1. The maximum atomic E-state index is 13.0. The van der Waals surface area contributed by atoms with Crippen LogP contribution in [-0.4, -0.2) is 21.0 Å². The van der Waals surface area contributed by atoms with Crippen LogP contribution in [0.5, 0.6) is 0 Å². The number of hydrogen-bond acceptors (Lipinski definition) is 5. The van der Waals surface area contributed by atoms with Crippen LogP contribution in [-0.2, 0) is 5.75 Å². The van der Waals surface area contributed by atoms with Gasteiger partial charge in [-0.3, -0.25) is 0 Å². The van der Waals surface area contributed by atoms with E-state index in [-0.39, 0.29) is 17.2 Å². The molecule has 0 unspecified atom stereocenters. The molecule has 0 bridgehead atoms. The number of nitrogens with zero attached hydrogens (tertiary/aromatic N) is 2. The molecule has 0 aliphatic heterocycles. The van der Waals surface area contributed by atoms with Crippen molar-refractivity contribution in [3.63, 3.8) is 0 Å². The summed E-state index contributed by atoms with van der Waals surface area (Å²) >= 11 is 1.34. The van der Waals surface area contributed by atoms with Crippen molar-refractivity contribution in [3.05, 3.63) is 47.7 Å². The minimum Gasteiger partial charge on any atom is -0.477 e. The largest absolute Gasteiger partial charge is 0.477 e. The molecule has 2 aromatic rings. The van der Waals surface area contributed by atoms with Crippen LogP contribution in [0.1, 0.15) is 16.2 Å². The second-order valence-electron chi connectivity index (χ2n) is 3.64. The van der Waals surface area contributed by atoms with Gasteiger partial charge < -0.3 is 10.8 Å². The zero-order chi connectivity index (χ0) is 13.8. The van der Waals surface area contributed by atoms with Gasteiger partial charge >= 0.3 is 5.97 Å². The molecule has 1 aromatic heterocycles. The fourth-order valence-electron chi connectivity index (χ4n) is 1.37. The Hall–Kier alpha value is -2.15. The van der Waals surface area contributed by atoms with Gasteiger partial charge in [0.2, 0.25) is 0 Å². The van der Waals surface area contributed by atoms with Gasteiger partial charge in [-0.05, 0) is 18.2 Å². The average Bonchev–Trinajstić information content (AvgIpc) is 2.36. The van der Waals surface area contributed by atoms with Crippen molar-refractivity contribution >= 4 is 23.5 Å². The molecule has 0 amide bonds. The topological polar surface area (TPSA) is 89.1 Å². The minimum atomic E-state index is -1.16. The highest BCUT2D eigenvalue weighted by atomic mass is 32.2. The molecule has 0 atom stereocenters. The van der Waals surface area contributed by atoms with E-state index in [1.165, 1.54) is 30.1 Å². The quantitative estimate of drug-likeness (QED) is 0.834. The predicted octanol–water partition coefficient (Wildman–Crippen LogP) is 2.19. The van der Waals surface area contributed by atoms with Crippen LogP contribution < -0.4 is 5.73 Å². The lowest BCUT2D eigenvalue weighted by Gasteiger charge is -2.03. The van der Waals surface area contributed by atoms with Gasteiger partial charge in [-0.25, -0.2) is 19.2 Å². The Morgan fingerprint density at radius 3 is 2.89 bits per heavy atom. The van der Waals surface area contributed by atoms with Crippen LogP contribution in [0.2, 0.25) is 0 Å². The van der Waals surface area contributed by atoms with Crippen LogP contribution in [0.3, 0.4) is 0 Å². The molecule has 0 aliphatic carbocycles. The van der Waals surface area contributed by atoms with Gasteiger partial charge in [-0.1, -0.05) is 6.07 Å². The van der Waals surface area contributed by atoms with Crippen LogP contribution in [0.25, 0.3) is 0 Å². The highest BCUT2D eigenvalue weighted by Gasteiger charge is 2.10. The molecule has 3 N–H and O–H groups in total.